The number of ether oxygens (including phenoxy) is 1. The monoisotopic (exact) mass is 252 g/mol. The maximum atomic E-state index is 11.7. The number of aromatic nitrogens is 1. The molecule has 1 atom stereocenters. The van der Waals surface area contributed by atoms with Crippen LogP contribution in [-0.4, -0.2) is 22.5 Å². The first-order chi connectivity index (χ1) is 8.33. The van der Waals surface area contributed by atoms with E-state index in [0.29, 0.717) is 0 Å². The average molecular weight is 252 g/mol. The molecule has 0 aliphatic carbocycles. The van der Waals surface area contributed by atoms with Gasteiger partial charge in [0.1, 0.15) is 11.9 Å². The maximum Gasteiger partial charge on any atom is 0.408 e. The van der Waals surface area contributed by atoms with Crippen LogP contribution in [0.5, 0.6) is 0 Å². The molecule has 1 aromatic rings. The highest BCUT2D eigenvalue weighted by Gasteiger charge is 2.21. The molecule has 0 saturated heterocycles. The molecule has 1 aromatic heterocycles. The highest BCUT2D eigenvalue weighted by molar-refractivity contribution is 5.69. The molecule has 5 heteroatoms. The van der Waals surface area contributed by atoms with Gasteiger partial charge in [0.15, 0.2) is 0 Å². The van der Waals surface area contributed by atoms with Crippen molar-refractivity contribution in [3.8, 4) is 0 Å². The van der Waals surface area contributed by atoms with E-state index < -0.39 is 11.7 Å². The Hall–Kier alpha value is -1.78. The third-order valence-electron chi connectivity index (χ3n) is 2.36. The molecule has 0 fully saturated rings. The number of alkyl carbamates (subject to hydrolysis) is 1. The first-order valence-corrected chi connectivity index (χ1v) is 5.88. The lowest BCUT2D eigenvalue weighted by molar-refractivity contribution is -0.108. The number of hydrogen-bond donors (Lipinski definition) is 1. The first-order valence-electron chi connectivity index (χ1n) is 5.88. The zero-order valence-electron chi connectivity index (χ0n) is 11.3. The standard InChI is InChI=1S/C13H20N2O3/c1-13(2,3)18-12(17)14-10(7-9-16)11-6-5-8-15(11)4/h5-6,8-10H,7H2,1-4H3,(H,14,17)/t10-/m0/s1. The van der Waals surface area contributed by atoms with Crippen LogP contribution in [0.4, 0.5) is 4.79 Å². The van der Waals surface area contributed by atoms with Crippen molar-refractivity contribution in [1.29, 1.82) is 0 Å². The summed E-state index contributed by atoms with van der Waals surface area (Å²) in [5, 5.41) is 2.70. The van der Waals surface area contributed by atoms with Gasteiger partial charge < -0.3 is 19.4 Å². The number of carbonyl (C=O) groups excluding carboxylic acids is 2. The normalized spacial score (nSPS) is 12.9. The van der Waals surface area contributed by atoms with Gasteiger partial charge in [-0.25, -0.2) is 4.79 Å². The average Bonchev–Trinajstić information content (AvgIpc) is 2.60. The lowest BCUT2D eigenvalue weighted by Crippen LogP contribution is -2.35. The minimum absolute atomic E-state index is 0.219. The van der Waals surface area contributed by atoms with E-state index in [4.69, 9.17) is 4.74 Å². The van der Waals surface area contributed by atoms with Gasteiger partial charge in [-0.1, -0.05) is 0 Å². The minimum atomic E-state index is -0.552. The number of carbonyl (C=O) groups is 2. The second-order valence-electron chi connectivity index (χ2n) is 5.15. The number of nitrogens with one attached hydrogen (secondary N) is 1. The SMILES string of the molecule is Cn1cccc1[C@H](CC=O)NC(=O)OC(C)(C)C. The molecule has 1 amide bonds. The molecule has 1 N–H and O–H groups in total. The molecular weight excluding hydrogens is 232 g/mol. The van der Waals surface area contributed by atoms with Crippen molar-refractivity contribution in [3.63, 3.8) is 0 Å². The van der Waals surface area contributed by atoms with Crippen LogP contribution in [0.2, 0.25) is 0 Å². The largest absolute Gasteiger partial charge is 0.444 e. The summed E-state index contributed by atoms with van der Waals surface area (Å²) in [6.45, 7) is 5.39. The van der Waals surface area contributed by atoms with Gasteiger partial charge in [0.2, 0.25) is 0 Å². The van der Waals surface area contributed by atoms with Crippen molar-refractivity contribution in [1.82, 2.24) is 9.88 Å². The molecule has 0 bridgehead atoms. The fourth-order valence-corrected chi connectivity index (χ4v) is 1.64. The van der Waals surface area contributed by atoms with Gasteiger partial charge in [-0.3, -0.25) is 0 Å². The van der Waals surface area contributed by atoms with Crippen LogP contribution in [-0.2, 0) is 16.6 Å². The molecular formula is C13H20N2O3. The molecule has 18 heavy (non-hydrogen) atoms. The number of amides is 1. The van der Waals surface area contributed by atoms with Crippen molar-refractivity contribution < 1.29 is 14.3 Å². The quantitative estimate of drug-likeness (QED) is 0.835. The summed E-state index contributed by atoms with van der Waals surface area (Å²) in [6, 6.07) is 3.37. The highest BCUT2D eigenvalue weighted by atomic mass is 16.6. The summed E-state index contributed by atoms with van der Waals surface area (Å²) < 4.78 is 7.04. The van der Waals surface area contributed by atoms with Crippen molar-refractivity contribution in [2.75, 3.05) is 0 Å². The van der Waals surface area contributed by atoms with Crippen molar-refractivity contribution in [3.05, 3.63) is 24.0 Å². The molecule has 0 spiro atoms. The predicted octanol–water partition coefficient (Wildman–Crippen LogP) is 2.18. The van der Waals surface area contributed by atoms with Gasteiger partial charge in [-0.05, 0) is 32.9 Å². The molecule has 100 valence electrons. The van der Waals surface area contributed by atoms with Crippen molar-refractivity contribution >= 4 is 12.4 Å². The minimum Gasteiger partial charge on any atom is -0.444 e. The van der Waals surface area contributed by atoms with Crippen LogP contribution < -0.4 is 5.32 Å². The molecule has 1 heterocycles. The summed E-state index contributed by atoms with van der Waals surface area (Å²) in [7, 11) is 1.86. The lowest BCUT2D eigenvalue weighted by atomic mass is 10.1. The zero-order valence-corrected chi connectivity index (χ0v) is 11.3. The maximum absolute atomic E-state index is 11.7. The van der Waals surface area contributed by atoms with Crippen molar-refractivity contribution in [2.45, 2.75) is 38.8 Å². The summed E-state index contributed by atoms with van der Waals surface area (Å²) in [6.07, 6.45) is 2.35. The van der Waals surface area contributed by atoms with E-state index in [1.165, 1.54) is 0 Å². The Morgan fingerprint density at radius 2 is 2.22 bits per heavy atom. The van der Waals surface area contributed by atoms with Gasteiger partial charge >= 0.3 is 6.09 Å². The lowest BCUT2D eigenvalue weighted by Gasteiger charge is -2.23. The van der Waals surface area contributed by atoms with Gasteiger partial charge in [0.05, 0.1) is 6.04 Å². The van der Waals surface area contributed by atoms with E-state index in [1.54, 1.807) is 20.8 Å². The Bertz CT molecular complexity index is 418. The van der Waals surface area contributed by atoms with Gasteiger partial charge in [-0.2, -0.15) is 0 Å². The van der Waals surface area contributed by atoms with Gasteiger partial charge in [0, 0.05) is 25.4 Å². The van der Waals surface area contributed by atoms with E-state index in [9.17, 15) is 9.59 Å². The van der Waals surface area contributed by atoms with E-state index >= 15 is 0 Å². The van der Waals surface area contributed by atoms with Crippen LogP contribution in [0.1, 0.15) is 38.9 Å². The van der Waals surface area contributed by atoms with Gasteiger partial charge in [-0.15, -0.1) is 0 Å². The molecule has 0 aliphatic rings. The Morgan fingerprint density at radius 1 is 1.56 bits per heavy atom. The fraction of sp³-hybridized carbons (Fsp3) is 0.538. The second kappa shape index (κ2) is 5.71. The van der Waals surface area contributed by atoms with Crippen LogP contribution in [0.15, 0.2) is 18.3 Å². The molecule has 0 radical (unpaired) electrons. The number of aryl methyl sites for hydroxylation is 1. The third kappa shape index (κ3) is 4.24. The van der Waals surface area contributed by atoms with Crippen LogP contribution >= 0.6 is 0 Å². The highest BCUT2D eigenvalue weighted by Crippen LogP contribution is 2.17. The molecule has 0 aromatic carbocycles. The van der Waals surface area contributed by atoms with Crippen molar-refractivity contribution in [2.24, 2.45) is 7.05 Å². The Morgan fingerprint density at radius 3 is 2.67 bits per heavy atom. The fourth-order valence-electron chi connectivity index (χ4n) is 1.64. The Balaban J connectivity index is 2.73. The molecule has 5 nitrogen and oxygen atoms in total. The van der Waals surface area contributed by atoms with Gasteiger partial charge in [0.25, 0.3) is 0 Å². The summed E-state index contributed by atoms with van der Waals surface area (Å²) >= 11 is 0. The van der Waals surface area contributed by atoms with Crippen LogP contribution in [0, 0.1) is 0 Å². The Kier molecular flexibility index (Phi) is 4.53. The van der Waals surface area contributed by atoms with E-state index in [-0.39, 0.29) is 12.5 Å². The number of nitrogens with zero attached hydrogens (tertiary/aromatic N) is 1. The van der Waals surface area contributed by atoms with Crippen LogP contribution in [0.25, 0.3) is 0 Å². The molecule has 1 rings (SSSR count). The molecule has 0 unspecified atom stereocenters. The predicted molar refractivity (Wildman–Crippen MR) is 68.2 cm³/mol. The van der Waals surface area contributed by atoms with E-state index in [2.05, 4.69) is 5.32 Å². The number of rotatable bonds is 4. The second-order valence-corrected chi connectivity index (χ2v) is 5.15. The summed E-state index contributed by atoms with van der Waals surface area (Å²) in [4.78, 5) is 22.4. The third-order valence-corrected chi connectivity index (χ3v) is 2.36. The Labute approximate surface area is 107 Å². The van der Waals surface area contributed by atoms with Crippen LogP contribution in [0.3, 0.4) is 0 Å². The first kappa shape index (κ1) is 14.3. The zero-order chi connectivity index (χ0) is 13.8. The number of hydrogen-bond acceptors (Lipinski definition) is 3. The summed E-state index contributed by atoms with van der Waals surface area (Å²) in [5.41, 5.74) is 0.317. The van der Waals surface area contributed by atoms with E-state index in [1.807, 2.05) is 29.9 Å². The summed E-state index contributed by atoms with van der Waals surface area (Å²) in [5.74, 6) is 0. The molecule has 0 saturated carbocycles. The number of aldehydes is 1. The molecule has 0 aliphatic heterocycles. The smallest absolute Gasteiger partial charge is 0.408 e. The van der Waals surface area contributed by atoms with E-state index in [0.717, 1.165) is 12.0 Å². The topological polar surface area (TPSA) is 60.3 Å².